The Morgan fingerprint density at radius 3 is 2.52 bits per heavy atom. The van der Waals surface area contributed by atoms with Crippen molar-refractivity contribution in [3.05, 3.63) is 65.2 Å². The van der Waals surface area contributed by atoms with E-state index in [0.29, 0.717) is 43.6 Å². The van der Waals surface area contributed by atoms with Crippen molar-refractivity contribution in [2.45, 2.75) is 25.7 Å². The van der Waals surface area contributed by atoms with Crippen LogP contribution in [0.15, 0.2) is 53.7 Å². The number of hydrogen-bond acceptors (Lipinski definition) is 5. The van der Waals surface area contributed by atoms with Gasteiger partial charge in [-0.05, 0) is 55.1 Å². The van der Waals surface area contributed by atoms with E-state index in [1.165, 1.54) is 0 Å². The van der Waals surface area contributed by atoms with Crippen molar-refractivity contribution in [2.24, 2.45) is 5.16 Å². The third kappa shape index (κ3) is 5.11. The number of oxime groups is 1. The summed E-state index contributed by atoms with van der Waals surface area (Å²) in [7, 11) is 0. The zero-order chi connectivity index (χ0) is 21.6. The number of benzene rings is 2. The van der Waals surface area contributed by atoms with Crippen molar-refractivity contribution >= 4 is 23.2 Å². The van der Waals surface area contributed by atoms with Crippen LogP contribution < -0.4 is 5.32 Å². The van der Waals surface area contributed by atoms with Crippen LogP contribution in [0.4, 0.5) is 5.69 Å². The maximum atomic E-state index is 12.9. The molecular formula is C24H28N4O3. The molecule has 31 heavy (non-hydrogen) atoms. The lowest BCUT2D eigenvalue weighted by molar-refractivity contribution is -0.116. The molecule has 0 spiro atoms. The lowest BCUT2D eigenvalue weighted by Crippen LogP contribution is -2.48. The van der Waals surface area contributed by atoms with Gasteiger partial charge in [0.25, 0.3) is 5.91 Å². The van der Waals surface area contributed by atoms with Crippen LogP contribution in [-0.2, 0) is 11.2 Å². The van der Waals surface area contributed by atoms with Crippen LogP contribution in [-0.4, -0.2) is 65.3 Å². The Morgan fingerprint density at radius 1 is 1.00 bits per heavy atom. The highest BCUT2D eigenvalue weighted by Gasteiger charge is 2.23. The molecule has 1 fully saturated rings. The minimum absolute atomic E-state index is 0.0313. The highest BCUT2D eigenvalue weighted by molar-refractivity contribution is 6.00. The molecule has 0 bridgehead atoms. The van der Waals surface area contributed by atoms with Crippen molar-refractivity contribution in [1.82, 2.24) is 9.80 Å². The summed E-state index contributed by atoms with van der Waals surface area (Å²) in [4.78, 5) is 28.7. The molecule has 0 saturated carbocycles. The summed E-state index contributed by atoms with van der Waals surface area (Å²) in [5.41, 5.74) is 4.20. The van der Waals surface area contributed by atoms with Gasteiger partial charge in [-0.25, -0.2) is 0 Å². The fraction of sp³-hybridized carbons (Fsp3) is 0.375. The summed E-state index contributed by atoms with van der Waals surface area (Å²) in [5, 5.41) is 15.6. The number of carbonyl (C=O) groups excluding carboxylic acids is 2. The maximum Gasteiger partial charge on any atom is 0.253 e. The van der Waals surface area contributed by atoms with Gasteiger partial charge in [0.1, 0.15) is 0 Å². The lowest BCUT2D eigenvalue weighted by Gasteiger charge is -2.35. The van der Waals surface area contributed by atoms with E-state index in [2.05, 4.69) is 15.4 Å². The number of amides is 2. The zero-order valence-corrected chi connectivity index (χ0v) is 17.6. The topological polar surface area (TPSA) is 85.2 Å². The summed E-state index contributed by atoms with van der Waals surface area (Å²) in [6.07, 6.45) is 2.76. The smallest absolute Gasteiger partial charge is 0.253 e. The van der Waals surface area contributed by atoms with Gasteiger partial charge in [0.2, 0.25) is 5.91 Å². The summed E-state index contributed by atoms with van der Waals surface area (Å²) in [6.45, 7) is 3.98. The third-order valence-corrected chi connectivity index (χ3v) is 6.02. The Hall–Kier alpha value is -3.19. The van der Waals surface area contributed by atoms with Crippen molar-refractivity contribution in [3.63, 3.8) is 0 Å². The van der Waals surface area contributed by atoms with Gasteiger partial charge in [0.05, 0.1) is 5.71 Å². The van der Waals surface area contributed by atoms with Gasteiger partial charge in [0.15, 0.2) is 0 Å². The fourth-order valence-electron chi connectivity index (χ4n) is 4.23. The Balaban J connectivity index is 1.25. The predicted molar refractivity (Wildman–Crippen MR) is 120 cm³/mol. The van der Waals surface area contributed by atoms with Crippen LogP contribution >= 0.6 is 0 Å². The monoisotopic (exact) mass is 420 g/mol. The van der Waals surface area contributed by atoms with E-state index in [4.69, 9.17) is 0 Å². The van der Waals surface area contributed by atoms with Gasteiger partial charge in [0, 0.05) is 43.9 Å². The Labute approximate surface area is 182 Å². The Bertz CT molecular complexity index is 966. The van der Waals surface area contributed by atoms with Crippen LogP contribution in [0.3, 0.4) is 0 Å². The molecule has 2 aromatic carbocycles. The van der Waals surface area contributed by atoms with Gasteiger partial charge in [-0.15, -0.1) is 0 Å². The molecule has 0 aliphatic carbocycles. The fourth-order valence-corrected chi connectivity index (χ4v) is 4.23. The standard InChI is InChI=1S/C24H28N4O3/c29-23-11-9-19-17-20(8-10-21(19)25-23)24(30)28-15-13-27(14-16-28)12-4-7-22(26-31)18-5-2-1-3-6-18/h1-3,5-6,8,10,17,31H,4,7,9,11-16H2,(H,25,29)/b26-22-. The number of rotatable bonds is 6. The molecule has 2 amide bonds. The molecule has 4 rings (SSSR count). The molecule has 0 aromatic heterocycles. The van der Waals surface area contributed by atoms with Crippen LogP contribution in [0.5, 0.6) is 0 Å². The van der Waals surface area contributed by atoms with Gasteiger partial charge < -0.3 is 15.4 Å². The first-order chi connectivity index (χ1) is 15.1. The van der Waals surface area contributed by atoms with Crippen LogP contribution in [0.2, 0.25) is 0 Å². The third-order valence-electron chi connectivity index (χ3n) is 6.02. The van der Waals surface area contributed by atoms with Crippen molar-refractivity contribution < 1.29 is 14.8 Å². The molecule has 2 aliphatic heterocycles. The number of hydrogen-bond donors (Lipinski definition) is 2. The van der Waals surface area contributed by atoms with Crippen LogP contribution in [0.1, 0.15) is 40.7 Å². The van der Waals surface area contributed by atoms with E-state index in [1.807, 2.05) is 47.4 Å². The lowest BCUT2D eigenvalue weighted by atomic mass is 10.00. The number of nitrogens with zero attached hydrogens (tertiary/aromatic N) is 3. The van der Waals surface area contributed by atoms with Gasteiger partial charge in [-0.3, -0.25) is 14.5 Å². The summed E-state index contributed by atoms with van der Waals surface area (Å²) < 4.78 is 0. The van der Waals surface area contributed by atoms with E-state index < -0.39 is 0 Å². The Kier molecular flexibility index (Phi) is 6.62. The first-order valence-corrected chi connectivity index (χ1v) is 10.8. The predicted octanol–water partition coefficient (Wildman–Crippen LogP) is 2.99. The highest BCUT2D eigenvalue weighted by Crippen LogP contribution is 2.24. The Morgan fingerprint density at radius 2 is 1.77 bits per heavy atom. The second kappa shape index (κ2) is 9.75. The van der Waals surface area contributed by atoms with Crippen LogP contribution in [0.25, 0.3) is 0 Å². The van der Waals surface area contributed by atoms with E-state index in [9.17, 15) is 14.8 Å². The van der Waals surface area contributed by atoms with E-state index in [-0.39, 0.29) is 11.8 Å². The largest absolute Gasteiger partial charge is 0.411 e. The van der Waals surface area contributed by atoms with Crippen LogP contribution in [0, 0.1) is 0 Å². The summed E-state index contributed by atoms with van der Waals surface area (Å²) in [5.74, 6) is 0.0852. The van der Waals surface area contributed by atoms with Gasteiger partial charge >= 0.3 is 0 Å². The number of carbonyl (C=O) groups is 2. The second-order valence-corrected chi connectivity index (χ2v) is 8.07. The number of aryl methyl sites for hydroxylation is 1. The molecule has 0 unspecified atom stereocenters. The molecule has 2 N–H and O–H groups in total. The molecule has 0 radical (unpaired) electrons. The van der Waals surface area contributed by atoms with E-state index in [0.717, 1.165) is 42.9 Å². The molecule has 2 aromatic rings. The van der Waals surface area contributed by atoms with Crippen molar-refractivity contribution in [3.8, 4) is 0 Å². The molecular weight excluding hydrogens is 392 g/mol. The molecule has 0 atom stereocenters. The van der Waals surface area contributed by atoms with E-state index >= 15 is 0 Å². The highest BCUT2D eigenvalue weighted by atomic mass is 16.4. The molecule has 2 heterocycles. The summed E-state index contributed by atoms with van der Waals surface area (Å²) in [6, 6.07) is 15.3. The first-order valence-electron chi connectivity index (χ1n) is 10.8. The number of fused-ring (bicyclic) bond motifs is 1. The van der Waals surface area contributed by atoms with E-state index in [1.54, 1.807) is 6.07 Å². The molecule has 7 heteroatoms. The summed E-state index contributed by atoms with van der Waals surface area (Å²) >= 11 is 0. The first kappa shape index (κ1) is 21.1. The SMILES string of the molecule is O=C1CCc2cc(C(=O)N3CCN(CCC/C(=N/O)c4ccccc4)CC3)ccc2N1. The quantitative estimate of drug-likeness (QED) is 0.427. The zero-order valence-electron chi connectivity index (χ0n) is 17.6. The number of anilines is 1. The van der Waals surface area contributed by atoms with Gasteiger partial charge in [-0.2, -0.15) is 0 Å². The average Bonchev–Trinajstić information content (AvgIpc) is 2.82. The van der Waals surface area contributed by atoms with Gasteiger partial charge in [-0.1, -0.05) is 35.5 Å². The molecule has 7 nitrogen and oxygen atoms in total. The molecule has 2 aliphatic rings. The number of nitrogens with one attached hydrogen (secondary N) is 1. The second-order valence-electron chi connectivity index (χ2n) is 8.07. The molecule has 162 valence electrons. The van der Waals surface area contributed by atoms with Crippen molar-refractivity contribution in [1.29, 1.82) is 0 Å². The average molecular weight is 421 g/mol. The van der Waals surface area contributed by atoms with Crippen molar-refractivity contribution in [2.75, 3.05) is 38.0 Å². The molecule has 1 saturated heterocycles. The number of piperazine rings is 1. The minimum Gasteiger partial charge on any atom is -0.411 e. The minimum atomic E-state index is 0.0313. The maximum absolute atomic E-state index is 12.9. The normalized spacial score (nSPS) is 17.2.